The third-order valence-corrected chi connectivity index (χ3v) is 5.30. The van der Waals surface area contributed by atoms with Gasteiger partial charge < -0.3 is 10.2 Å². The van der Waals surface area contributed by atoms with Crippen LogP contribution in [0.4, 0.5) is 0 Å². The van der Waals surface area contributed by atoms with E-state index < -0.39 is 0 Å². The Bertz CT molecular complexity index is 521. The monoisotopic (exact) mass is 336 g/mol. The van der Waals surface area contributed by atoms with E-state index in [0.29, 0.717) is 0 Å². The summed E-state index contributed by atoms with van der Waals surface area (Å²) in [5.41, 5.74) is 2.24. The molecule has 0 aliphatic carbocycles. The fraction of sp³-hybridized carbons (Fsp3) is 0.632. The molecule has 2 atom stereocenters. The Kier molecular flexibility index (Phi) is 5.74. The molecule has 0 aromatic heterocycles. The first kappa shape index (κ1) is 18.3. The van der Waals surface area contributed by atoms with Gasteiger partial charge in [-0.2, -0.15) is 0 Å². The molecule has 128 valence electrons. The first-order valence-corrected chi connectivity index (χ1v) is 8.55. The minimum Gasteiger partial charge on any atom is -0.339 e. The molecule has 4 heteroatoms. The molecule has 3 nitrogen and oxygen atoms in total. The Labute approximate surface area is 146 Å². The van der Waals surface area contributed by atoms with Gasteiger partial charge in [-0.1, -0.05) is 32.9 Å². The van der Waals surface area contributed by atoms with Gasteiger partial charge in [0.15, 0.2) is 0 Å². The van der Waals surface area contributed by atoms with Gasteiger partial charge in [-0.25, -0.2) is 0 Å². The summed E-state index contributed by atoms with van der Waals surface area (Å²) in [5, 5.41) is 3.48. The van der Waals surface area contributed by atoms with Gasteiger partial charge in [0.25, 0.3) is 5.91 Å². The predicted molar refractivity (Wildman–Crippen MR) is 97.4 cm³/mol. The third-order valence-electron chi connectivity index (χ3n) is 5.30. The van der Waals surface area contributed by atoms with E-state index >= 15 is 0 Å². The van der Waals surface area contributed by atoms with E-state index in [0.717, 1.165) is 56.4 Å². The van der Waals surface area contributed by atoms with Crippen LogP contribution in [-0.4, -0.2) is 37.0 Å². The number of hydrogen-bond donors (Lipinski definition) is 1. The van der Waals surface area contributed by atoms with Gasteiger partial charge in [-0.05, 0) is 60.9 Å². The SMILES string of the molecule is CC(C)(C)c1ccc(C(=O)N2CC[C@@H]3CNC[C@@H]3CC2)cc1.Cl. The van der Waals surface area contributed by atoms with Crippen LogP contribution in [0.2, 0.25) is 0 Å². The van der Waals surface area contributed by atoms with Crippen molar-refractivity contribution in [2.75, 3.05) is 26.2 Å². The molecular formula is C19H29ClN2O. The minimum absolute atomic E-state index is 0. The summed E-state index contributed by atoms with van der Waals surface area (Å²) in [5.74, 6) is 1.73. The van der Waals surface area contributed by atoms with Crippen LogP contribution in [0.25, 0.3) is 0 Å². The van der Waals surface area contributed by atoms with Crippen molar-refractivity contribution in [3.63, 3.8) is 0 Å². The fourth-order valence-electron chi connectivity index (χ4n) is 3.72. The molecule has 2 saturated heterocycles. The van der Waals surface area contributed by atoms with Crippen molar-refractivity contribution in [3.8, 4) is 0 Å². The number of benzene rings is 1. The number of carbonyl (C=O) groups is 1. The van der Waals surface area contributed by atoms with Crippen LogP contribution in [0.3, 0.4) is 0 Å². The van der Waals surface area contributed by atoms with E-state index in [1.54, 1.807) is 0 Å². The lowest BCUT2D eigenvalue weighted by molar-refractivity contribution is 0.0758. The number of halogens is 1. The number of fused-ring (bicyclic) bond motifs is 1. The van der Waals surface area contributed by atoms with E-state index in [2.05, 4.69) is 43.1 Å². The van der Waals surface area contributed by atoms with Gasteiger partial charge in [-0.3, -0.25) is 4.79 Å². The van der Waals surface area contributed by atoms with Crippen LogP contribution < -0.4 is 5.32 Å². The average molecular weight is 337 g/mol. The molecule has 0 saturated carbocycles. The van der Waals surface area contributed by atoms with Crippen molar-refractivity contribution >= 4 is 18.3 Å². The lowest BCUT2D eigenvalue weighted by atomic mass is 9.86. The summed E-state index contributed by atoms with van der Waals surface area (Å²) >= 11 is 0. The van der Waals surface area contributed by atoms with Crippen LogP contribution >= 0.6 is 12.4 Å². The van der Waals surface area contributed by atoms with E-state index in [-0.39, 0.29) is 23.7 Å². The zero-order valence-electron chi connectivity index (χ0n) is 14.5. The highest BCUT2D eigenvalue weighted by Crippen LogP contribution is 2.28. The number of hydrogen-bond acceptors (Lipinski definition) is 2. The average Bonchev–Trinajstić information content (AvgIpc) is 2.85. The molecule has 23 heavy (non-hydrogen) atoms. The zero-order chi connectivity index (χ0) is 15.7. The largest absolute Gasteiger partial charge is 0.339 e. The maximum Gasteiger partial charge on any atom is 0.253 e. The molecule has 2 fully saturated rings. The highest BCUT2D eigenvalue weighted by atomic mass is 35.5. The zero-order valence-corrected chi connectivity index (χ0v) is 15.3. The summed E-state index contributed by atoms with van der Waals surface area (Å²) in [6.07, 6.45) is 2.28. The van der Waals surface area contributed by atoms with Crippen LogP contribution in [0.1, 0.15) is 49.5 Å². The molecule has 1 aromatic carbocycles. The van der Waals surface area contributed by atoms with Gasteiger partial charge in [0.05, 0.1) is 0 Å². The molecule has 1 N–H and O–H groups in total. The number of rotatable bonds is 1. The summed E-state index contributed by atoms with van der Waals surface area (Å²) in [6.45, 7) is 10.7. The summed E-state index contributed by atoms with van der Waals surface area (Å²) in [4.78, 5) is 14.8. The number of carbonyl (C=O) groups excluding carboxylic acids is 1. The molecule has 1 aromatic rings. The van der Waals surface area contributed by atoms with E-state index in [1.165, 1.54) is 5.56 Å². The molecule has 0 spiro atoms. The smallest absolute Gasteiger partial charge is 0.253 e. The standard InChI is InChI=1S/C19H28N2O.ClH/c1-19(2,3)17-6-4-14(5-7-17)18(22)21-10-8-15-12-20-13-16(15)9-11-21;/h4-7,15-16,20H,8-13H2,1-3H3;1H/t15-,16+;. The maximum atomic E-state index is 12.7. The molecule has 1 amide bonds. The number of amides is 1. The van der Waals surface area contributed by atoms with Crippen molar-refractivity contribution in [2.45, 2.75) is 39.0 Å². The molecule has 0 bridgehead atoms. The van der Waals surface area contributed by atoms with Crippen molar-refractivity contribution in [1.29, 1.82) is 0 Å². The second kappa shape index (κ2) is 7.23. The highest BCUT2D eigenvalue weighted by molar-refractivity contribution is 5.94. The highest BCUT2D eigenvalue weighted by Gasteiger charge is 2.31. The molecule has 0 radical (unpaired) electrons. The first-order valence-electron chi connectivity index (χ1n) is 8.55. The molecule has 3 rings (SSSR count). The first-order chi connectivity index (χ1) is 10.4. The van der Waals surface area contributed by atoms with Crippen molar-refractivity contribution < 1.29 is 4.79 Å². The Morgan fingerprint density at radius 2 is 1.57 bits per heavy atom. The Hall–Kier alpha value is -1.06. The molecule has 2 heterocycles. The van der Waals surface area contributed by atoms with E-state index in [4.69, 9.17) is 0 Å². The normalized spacial score (nSPS) is 24.6. The van der Waals surface area contributed by atoms with E-state index in [1.807, 2.05) is 12.1 Å². The van der Waals surface area contributed by atoms with Gasteiger partial charge in [-0.15, -0.1) is 12.4 Å². The number of likely N-dealkylation sites (tertiary alicyclic amines) is 1. The van der Waals surface area contributed by atoms with Crippen molar-refractivity contribution in [1.82, 2.24) is 10.2 Å². The quantitative estimate of drug-likeness (QED) is 0.851. The van der Waals surface area contributed by atoms with Crippen LogP contribution in [-0.2, 0) is 5.41 Å². The third kappa shape index (κ3) is 4.07. The molecule has 2 aliphatic rings. The van der Waals surface area contributed by atoms with Gasteiger partial charge in [0, 0.05) is 18.7 Å². The Balaban J connectivity index is 0.00000192. The summed E-state index contributed by atoms with van der Waals surface area (Å²) in [7, 11) is 0. The second-order valence-corrected chi connectivity index (χ2v) is 7.88. The molecule has 2 aliphatic heterocycles. The topological polar surface area (TPSA) is 32.3 Å². The summed E-state index contributed by atoms with van der Waals surface area (Å²) < 4.78 is 0. The minimum atomic E-state index is 0. The van der Waals surface area contributed by atoms with Gasteiger partial charge in [0.2, 0.25) is 0 Å². The molecule has 0 unspecified atom stereocenters. The van der Waals surface area contributed by atoms with Crippen LogP contribution in [0.5, 0.6) is 0 Å². The second-order valence-electron chi connectivity index (χ2n) is 7.88. The summed E-state index contributed by atoms with van der Waals surface area (Å²) in [6, 6.07) is 8.19. The van der Waals surface area contributed by atoms with Gasteiger partial charge in [0.1, 0.15) is 0 Å². The number of nitrogens with one attached hydrogen (secondary N) is 1. The maximum absolute atomic E-state index is 12.7. The lowest BCUT2D eigenvalue weighted by Crippen LogP contribution is -2.32. The van der Waals surface area contributed by atoms with Crippen molar-refractivity contribution in [2.24, 2.45) is 11.8 Å². The lowest BCUT2D eigenvalue weighted by Gasteiger charge is -2.22. The van der Waals surface area contributed by atoms with Gasteiger partial charge >= 0.3 is 0 Å². The van der Waals surface area contributed by atoms with Crippen molar-refractivity contribution in [3.05, 3.63) is 35.4 Å². The van der Waals surface area contributed by atoms with E-state index in [9.17, 15) is 4.79 Å². The predicted octanol–water partition coefficient (Wildman–Crippen LogP) is 3.48. The number of nitrogens with zero attached hydrogens (tertiary/aromatic N) is 1. The molecular weight excluding hydrogens is 308 g/mol. The van der Waals surface area contributed by atoms with Crippen LogP contribution in [0.15, 0.2) is 24.3 Å². The Morgan fingerprint density at radius 1 is 1.04 bits per heavy atom. The van der Waals surface area contributed by atoms with Crippen LogP contribution in [0, 0.1) is 11.8 Å². The Morgan fingerprint density at radius 3 is 2.04 bits per heavy atom. The fourth-order valence-corrected chi connectivity index (χ4v) is 3.72.